The van der Waals surface area contributed by atoms with Gasteiger partial charge in [-0.3, -0.25) is 0 Å². The van der Waals surface area contributed by atoms with E-state index in [1.807, 2.05) is 6.92 Å². The first kappa shape index (κ1) is 14.0. The summed E-state index contributed by atoms with van der Waals surface area (Å²) in [4.78, 5) is 11.0. The number of carbonyl (C=O) groups is 1. The van der Waals surface area contributed by atoms with Gasteiger partial charge in [-0.05, 0) is 31.9 Å². The van der Waals surface area contributed by atoms with Gasteiger partial charge < -0.3 is 5.11 Å². The summed E-state index contributed by atoms with van der Waals surface area (Å²) >= 11 is 0. The van der Waals surface area contributed by atoms with E-state index in [4.69, 9.17) is 5.11 Å². The monoisotopic (exact) mass is 283 g/mol. The zero-order valence-corrected chi connectivity index (χ0v) is 11.6. The van der Waals surface area contributed by atoms with Crippen molar-refractivity contribution in [1.29, 1.82) is 0 Å². The van der Waals surface area contributed by atoms with Crippen molar-refractivity contribution in [2.24, 2.45) is 0 Å². The van der Waals surface area contributed by atoms with Gasteiger partial charge in [-0.1, -0.05) is 18.6 Å². The number of aromatic carboxylic acids is 1. The molecule has 1 N–H and O–H groups in total. The van der Waals surface area contributed by atoms with Crippen molar-refractivity contribution >= 4 is 16.0 Å². The van der Waals surface area contributed by atoms with Crippen molar-refractivity contribution in [2.45, 2.75) is 37.1 Å². The minimum Gasteiger partial charge on any atom is -0.478 e. The Morgan fingerprint density at radius 1 is 1.32 bits per heavy atom. The molecule has 1 aromatic carbocycles. The van der Waals surface area contributed by atoms with Gasteiger partial charge in [0.05, 0.1) is 10.5 Å². The number of rotatable bonds is 3. The molecular formula is C13H17NO4S. The number of sulfonamides is 1. The molecule has 19 heavy (non-hydrogen) atoms. The maximum Gasteiger partial charge on any atom is 0.337 e. The molecule has 0 radical (unpaired) electrons. The third kappa shape index (κ3) is 2.64. The van der Waals surface area contributed by atoms with Crippen LogP contribution in [0.4, 0.5) is 0 Å². The second-order valence-corrected chi connectivity index (χ2v) is 6.62. The molecule has 0 amide bonds. The highest BCUT2D eigenvalue weighted by Crippen LogP contribution is 2.27. The maximum absolute atomic E-state index is 12.6. The molecular weight excluding hydrogens is 266 g/mol. The summed E-state index contributed by atoms with van der Waals surface area (Å²) in [7, 11) is -3.73. The highest BCUT2D eigenvalue weighted by atomic mass is 32.2. The summed E-state index contributed by atoms with van der Waals surface area (Å²) in [6.45, 7) is 2.32. The average Bonchev–Trinajstić information content (AvgIpc) is 2.39. The number of hydrogen-bond acceptors (Lipinski definition) is 3. The Hall–Kier alpha value is -1.40. The lowest BCUT2D eigenvalue weighted by atomic mass is 10.1. The summed E-state index contributed by atoms with van der Waals surface area (Å²) in [5.41, 5.74) is -0.166. The van der Waals surface area contributed by atoms with Crippen LogP contribution in [0.1, 0.15) is 36.5 Å². The second kappa shape index (κ2) is 5.30. The van der Waals surface area contributed by atoms with Gasteiger partial charge in [0.15, 0.2) is 0 Å². The molecule has 1 saturated heterocycles. The Balaban J connectivity index is 2.47. The molecule has 0 saturated carbocycles. The normalized spacial score (nSPS) is 21.2. The summed E-state index contributed by atoms with van der Waals surface area (Å²) in [5, 5.41) is 9.11. The fraction of sp³-hybridized carbons (Fsp3) is 0.462. The number of hydrogen-bond donors (Lipinski definition) is 1. The van der Waals surface area contributed by atoms with Crippen LogP contribution in [0.15, 0.2) is 29.2 Å². The average molecular weight is 283 g/mol. The first-order chi connectivity index (χ1) is 8.94. The van der Waals surface area contributed by atoms with Crippen LogP contribution in [-0.2, 0) is 10.0 Å². The Morgan fingerprint density at radius 3 is 2.63 bits per heavy atom. The first-order valence-electron chi connectivity index (χ1n) is 6.29. The fourth-order valence-electron chi connectivity index (χ4n) is 2.42. The van der Waals surface area contributed by atoms with Crippen LogP contribution in [-0.4, -0.2) is 36.4 Å². The quantitative estimate of drug-likeness (QED) is 0.920. The Kier molecular flexibility index (Phi) is 3.91. The number of piperidine rings is 1. The van der Waals surface area contributed by atoms with E-state index < -0.39 is 16.0 Å². The number of benzene rings is 1. The summed E-state index contributed by atoms with van der Waals surface area (Å²) < 4.78 is 26.6. The third-order valence-electron chi connectivity index (χ3n) is 3.45. The van der Waals surface area contributed by atoms with Crippen molar-refractivity contribution in [2.75, 3.05) is 6.54 Å². The van der Waals surface area contributed by atoms with E-state index in [0.717, 1.165) is 19.3 Å². The SMILES string of the molecule is C[C@@H]1CCCCN1S(=O)(=O)c1ccccc1C(=O)O. The van der Waals surface area contributed by atoms with E-state index in [9.17, 15) is 13.2 Å². The van der Waals surface area contributed by atoms with E-state index in [1.165, 1.54) is 22.5 Å². The van der Waals surface area contributed by atoms with Gasteiger partial charge in [0.25, 0.3) is 0 Å². The molecule has 0 bridgehead atoms. The Bertz CT molecular complexity index is 582. The molecule has 0 aliphatic carbocycles. The van der Waals surface area contributed by atoms with Crippen molar-refractivity contribution in [3.05, 3.63) is 29.8 Å². The lowest BCUT2D eigenvalue weighted by Crippen LogP contribution is -2.42. The van der Waals surface area contributed by atoms with Gasteiger partial charge in [0, 0.05) is 12.6 Å². The second-order valence-electron chi connectivity index (χ2n) is 4.76. The van der Waals surface area contributed by atoms with E-state index in [0.29, 0.717) is 6.54 Å². The van der Waals surface area contributed by atoms with E-state index >= 15 is 0 Å². The molecule has 0 spiro atoms. The van der Waals surface area contributed by atoms with Gasteiger partial charge in [0.2, 0.25) is 10.0 Å². The van der Waals surface area contributed by atoms with Gasteiger partial charge in [0.1, 0.15) is 0 Å². The smallest absolute Gasteiger partial charge is 0.337 e. The Labute approximate surface area is 112 Å². The minimum atomic E-state index is -3.73. The fourth-order valence-corrected chi connectivity index (χ4v) is 4.31. The van der Waals surface area contributed by atoms with E-state index in [-0.39, 0.29) is 16.5 Å². The zero-order chi connectivity index (χ0) is 14.0. The first-order valence-corrected chi connectivity index (χ1v) is 7.73. The van der Waals surface area contributed by atoms with Crippen LogP contribution in [0, 0.1) is 0 Å². The molecule has 104 valence electrons. The van der Waals surface area contributed by atoms with Crippen molar-refractivity contribution in [3.63, 3.8) is 0 Å². The van der Waals surface area contributed by atoms with Crippen molar-refractivity contribution in [1.82, 2.24) is 4.31 Å². The molecule has 6 heteroatoms. The molecule has 0 unspecified atom stereocenters. The molecule has 1 aliphatic heterocycles. The number of nitrogens with zero attached hydrogens (tertiary/aromatic N) is 1. The molecule has 1 aromatic rings. The predicted molar refractivity (Wildman–Crippen MR) is 70.6 cm³/mol. The highest BCUT2D eigenvalue weighted by Gasteiger charge is 2.33. The van der Waals surface area contributed by atoms with Gasteiger partial charge in [-0.25, -0.2) is 13.2 Å². The van der Waals surface area contributed by atoms with Crippen LogP contribution in [0.2, 0.25) is 0 Å². The third-order valence-corrected chi connectivity index (χ3v) is 5.52. The molecule has 1 atom stereocenters. The van der Waals surface area contributed by atoms with Crippen LogP contribution in [0.5, 0.6) is 0 Å². The van der Waals surface area contributed by atoms with Crippen molar-refractivity contribution < 1.29 is 18.3 Å². The standard InChI is InChI=1S/C13H17NO4S/c1-10-6-4-5-9-14(10)19(17,18)12-8-3-2-7-11(12)13(15)16/h2-3,7-8,10H,4-6,9H2,1H3,(H,15,16)/t10-/m1/s1. The topological polar surface area (TPSA) is 74.7 Å². The summed E-state index contributed by atoms with van der Waals surface area (Å²) in [6.07, 6.45) is 2.64. The van der Waals surface area contributed by atoms with Crippen LogP contribution < -0.4 is 0 Å². The van der Waals surface area contributed by atoms with E-state index in [2.05, 4.69) is 0 Å². The Morgan fingerprint density at radius 2 is 2.00 bits per heavy atom. The van der Waals surface area contributed by atoms with Crippen molar-refractivity contribution in [3.8, 4) is 0 Å². The molecule has 1 fully saturated rings. The molecule has 0 aromatic heterocycles. The zero-order valence-electron chi connectivity index (χ0n) is 10.7. The summed E-state index contributed by atoms with van der Waals surface area (Å²) in [5.74, 6) is -1.22. The number of carboxylic acids is 1. The molecule has 1 aliphatic rings. The van der Waals surface area contributed by atoms with Gasteiger partial charge in [-0.15, -0.1) is 0 Å². The molecule has 5 nitrogen and oxygen atoms in total. The van der Waals surface area contributed by atoms with Gasteiger partial charge >= 0.3 is 5.97 Å². The summed E-state index contributed by atoms with van der Waals surface area (Å²) in [6, 6.07) is 5.68. The predicted octanol–water partition coefficient (Wildman–Crippen LogP) is 1.95. The number of carboxylic acid groups (broad SMARTS) is 1. The molecule has 2 rings (SSSR count). The van der Waals surface area contributed by atoms with Gasteiger partial charge in [-0.2, -0.15) is 4.31 Å². The minimum absolute atomic E-state index is 0.0828. The lowest BCUT2D eigenvalue weighted by Gasteiger charge is -2.32. The van der Waals surface area contributed by atoms with Crippen LogP contribution in [0.3, 0.4) is 0 Å². The van der Waals surface area contributed by atoms with Crippen LogP contribution in [0.25, 0.3) is 0 Å². The highest BCUT2D eigenvalue weighted by molar-refractivity contribution is 7.89. The van der Waals surface area contributed by atoms with E-state index in [1.54, 1.807) is 6.07 Å². The largest absolute Gasteiger partial charge is 0.478 e. The van der Waals surface area contributed by atoms with Crippen LogP contribution >= 0.6 is 0 Å². The lowest BCUT2D eigenvalue weighted by molar-refractivity contribution is 0.0692. The molecule has 1 heterocycles. The maximum atomic E-state index is 12.6.